The van der Waals surface area contributed by atoms with E-state index in [9.17, 15) is 4.79 Å². The minimum Gasteiger partial charge on any atom is -0.465 e. The molecule has 0 saturated carbocycles. The fourth-order valence-corrected chi connectivity index (χ4v) is 3.10. The predicted octanol–water partition coefficient (Wildman–Crippen LogP) is 3.99. The molecule has 1 rings (SSSR count). The summed E-state index contributed by atoms with van der Waals surface area (Å²) in [6, 6.07) is 0.324. The summed E-state index contributed by atoms with van der Waals surface area (Å²) >= 11 is 7.30. The first-order chi connectivity index (χ1) is 9.01. The average molecular weight is 305 g/mol. The van der Waals surface area contributed by atoms with Gasteiger partial charge in [-0.2, -0.15) is 0 Å². The van der Waals surface area contributed by atoms with Crippen molar-refractivity contribution in [1.29, 1.82) is 0 Å². The Bertz CT molecular complexity index is 421. The number of anilines is 1. The van der Waals surface area contributed by atoms with Crippen LogP contribution in [0.5, 0.6) is 0 Å². The van der Waals surface area contributed by atoms with Gasteiger partial charge >= 0.3 is 5.97 Å². The molecular formula is C13H21ClN2O2S. The standard InChI is InChI=1S/C13H21ClN2O2S/c1-5-6-7-8-16(9(2)3)13-15-11(14)10(19-13)12(17)18-4/h9H,5-8H2,1-4H3. The zero-order valence-corrected chi connectivity index (χ0v) is 13.5. The van der Waals surface area contributed by atoms with Gasteiger partial charge in [-0.25, -0.2) is 9.78 Å². The van der Waals surface area contributed by atoms with Gasteiger partial charge in [-0.15, -0.1) is 0 Å². The van der Waals surface area contributed by atoms with Crippen LogP contribution in [0.15, 0.2) is 0 Å². The molecule has 0 aromatic carbocycles. The summed E-state index contributed by atoms with van der Waals surface area (Å²) in [6.45, 7) is 7.32. The molecule has 6 heteroatoms. The number of carbonyl (C=O) groups excluding carboxylic acids is 1. The Balaban J connectivity index is 2.88. The highest BCUT2D eigenvalue weighted by Crippen LogP contribution is 2.31. The van der Waals surface area contributed by atoms with Crippen molar-refractivity contribution in [3.63, 3.8) is 0 Å². The fourth-order valence-electron chi connectivity index (χ4n) is 1.74. The Kier molecular flexibility index (Phi) is 6.58. The quantitative estimate of drug-likeness (QED) is 0.564. The molecule has 1 aromatic heterocycles. The summed E-state index contributed by atoms with van der Waals surface area (Å²) in [4.78, 5) is 18.4. The number of esters is 1. The zero-order valence-electron chi connectivity index (χ0n) is 11.9. The highest BCUT2D eigenvalue weighted by atomic mass is 35.5. The van der Waals surface area contributed by atoms with Crippen molar-refractivity contribution in [2.24, 2.45) is 0 Å². The summed E-state index contributed by atoms with van der Waals surface area (Å²) in [5.41, 5.74) is 0. The zero-order chi connectivity index (χ0) is 14.4. The van der Waals surface area contributed by atoms with Crippen molar-refractivity contribution in [2.75, 3.05) is 18.6 Å². The van der Waals surface area contributed by atoms with E-state index in [2.05, 4.69) is 30.7 Å². The molecule has 0 aliphatic heterocycles. The Morgan fingerprint density at radius 2 is 2.16 bits per heavy atom. The molecule has 0 amide bonds. The van der Waals surface area contributed by atoms with Crippen molar-refractivity contribution in [2.45, 2.75) is 46.1 Å². The Labute approximate surface area is 123 Å². The van der Waals surface area contributed by atoms with Gasteiger partial charge in [0.1, 0.15) is 0 Å². The third kappa shape index (κ3) is 4.35. The molecule has 0 aliphatic rings. The summed E-state index contributed by atoms with van der Waals surface area (Å²) in [7, 11) is 1.35. The first-order valence-corrected chi connectivity index (χ1v) is 7.72. The molecule has 19 heavy (non-hydrogen) atoms. The van der Waals surface area contributed by atoms with Crippen molar-refractivity contribution in [1.82, 2.24) is 4.98 Å². The molecule has 0 spiro atoms. The van der Waals surface area contributed by atoms with Crippen molar-refractivity contribution < 1.29 is 9.53 Å². The number of hydrogen-bond donors (Lipinski definition) is 0. The van der Waals surface area contributed by atoms with Gasteiger partial charge in [-0.3, -0.25) is 0 Å². The van der Waals surface area contributed by atoms with Gasteiger partial charge in [-0.1, -0.05) is 42.7 Å². The first kappa shape index (κ1) is 16.2. The maximum atomic E-state index is 11.5. The highest BCUT2D eigenvalue weighted by Gasteiger charge is 2.21. The highest BCUT2D eigenvalue weighted by molar-refractivity contribution is 7.18. The number of unbranched alkanes of at least 4 members (excludes halogenated alkanes) is 2. The van der Waals surface area contributed by atoms with E-state index < -0.39 is 5.97 Å². The monoisotopic (exact) mass is 304 g/mol. The lowest BCUT2D eigenvalue weighted by Gasteiger charge is -2.25. The number of methoxy groups -OCH3 is 1. The van der Waals surface area contributed by atoms with Crippen molar-refractivity contribution in [3.8, 4) is 0 Å². The lowest BCUT2D eigenvalue weighted by molar-refractivity contribution is 0.0606. The number of aromatic nitrogens is 1. The second kappa shape index (κ2) is 7.70. The summed E-state index contributed by atoms with van der Waals surface area (Å²) in [5.74, 6) is -0.425. The number of nitrogens with zero attached hydrogens (tertiary/aromatic N) is 2. The van der Waals surface area contributed by atoms with Crippen LogP contribution in [0.1, 0.15) is 49.7 Å². The number of halogens is 1. The van der Waals surface area contributed by atoms with Crippen LogP contribution in [0.2, 0.25) is 5.15 Å². The Hall–Kier alpha value is -0.810. The lowest BCUT2D eigenvalue weighted by Crippen LogP contribution is -2.31. The predicted molar refractivity (Wildman–Crippen MR) is 80.5 cm³/mol. The van der Waals surface area contributed by atoms with Crippen LogP contribution in [0, 0.1) is 0 Å². The topological polar surface area (TPSA) is 42.4 Å². The molecule has 0 aliphatic carbocycles. The van der Waals surface area contributed by atoms with E-state index in [1.165, 1.54) is 31.3 Å². The van der Waals surface area contributed by atoms with Crippen LogP contribution in [-0.4, -0.2) is 30.6 Å². The minimum atomic E-state index is -0.425. The van der Waals surface area contributed by atoms with Crippen LogP contribution < -0.4 is 4.90 Å². The molecule has 108 valence electrons. The molecule has 1 aromatic rings. The average Bonchev–Trinajstić information content (AvgIpc) is 2.75. The van der Waals surface area contributed by atoms with Gasteiger partial charge < -0.3 is 9.64 Å². The van der Waals surface area contributed by atoms with Gasteiger partial charge in [0.15, 0.2) is 15.2 Å². The van der Waals surface area contributed by atoms with Crippen LogP contribution in [-0.2, 0) is 4.74 Å². The van der Waals surface area contributed by atoms with E-state index >= 15 is 0 Å². The Morgan fingerprint density at radius 1 is 1.47 bits per heavy atom. The normalized spacial score (nSPS) is 10.8. The smallest absolute Gasteiger partial charge is 0.351 e. The van der Waals surface area contributed by atoms with E-state index in [0.29, 0.717) is 10.9 Å². The molecule has 0 bridgehead atoms. The third-order valence-electron chi connectivity index (χ3n) is 2.82. The van der Waals surface area contributed by atoms with Gasteiger partial charge in [0.2, 0.25) is 0 Å². The molecule has 0 unspecified atom stereocenters. The van der Waals surface area contributed by atoms with Crippen LogP contribution >= 0.6 is 22.9 Å². The molecule has 4 nitrogen and oxygen atoms in total. The van der Waals surface area contributed by atoms with Crippen LogP contribution in [0.4, 0.5) is 5.13 Å². The van der Waals surface area contributed by atoms with Crippen LogP contribution in [0.3, 0.4) is 0 Å². The lowest BCUT2D eigenvalue weighted by atomic mass is 10.2. The number of ether oxygens (including phenoxy) is 1. The maximum absolute atomic E-state index is 11.5. The second-order valence-electron chi connectivity index (χ2n) is 4.60. The molecule has 0 saturated heterocycles. The largest absolute Gasteiger partial charge is 0.465 e. The molecule has 1 heterocycles. The first-order valence-electron chi connectivity index (χ1n) is 6.52. The van der Waals surface area contributed by atoms with Gasteiger partial charge in [0.25, 0.3) is 0 Å². The number of hydrogen-bond acceptors (Lipinski definition) is 5. The summed E-state index contributed by atoms with van der Waals surface area (Å²) in [5, 5.41) is 1.02. The summed E-state index contributed by atoms with van der Waals surface area (Å²) in [6.07, 6.45) is 3.48. The second-order valence-corrected chi connectivity index (χ2v) is 5.94. The number of rotatable bonds is 7. The molecule has 0 fully saturated rings. The van der Waals surface area contributed by atoms with Crippen molar-refractivity contribution in [3.05, 3.63) is 10.0 Å². The molecule has 0 atom stereocenters. The van der Waals surface area contributed by atoms with E-state index in [0.717, 1.165) is 18.1 Å². The summed E-state index contributed by atoms with van der Waals surface area (Å²) < 4.78 is 4.70. The molecular weight excluding hydrogens is 284 g/mol. The van der Waals surface area contributed by atoms with E-state index in [1.54, 1.807) is 0 Å². The third-order valence-corrected chi connectivity index (χ3v) is 4.27. The maximum Gasteiger partial charge on any atom is 0.351 e. The van der Waals surface area contributed by atoms with E-state index in [1.807, 2.05) is 0 Å². The van der Waals surface area contributed by atoms with Crippen molar-refractivity contribution >= 4 is 34.0 Å². The van der Waals surface area contributed by atoms with E-state index in [4.69, 9.17) is 16.3 Å². The Morgan fingerprint density at radius 3 is 2.68 bits per heavy atom. The van der Waals surface area contributed by atoms with Gasteiger partial charge in [0.05, 0.1) is 7.11 Å². The van der Waals surface area contributed by atoms with E-state index in [-0.39, 0.29) is 5.15 Å². The SMILES string of the molecule is CCCCCN(c1nc(Cl)c(C(=O)OC)s1)C(C)C. The van der Waals surface area contributed by atoms with Gasteiger partial charge in [-0.05, 0) is 20.3 Å². The number of thiazole rings is 1. The molecule has 0 N–H and O–H groups in total. The van der Waals surface area contributed by atoms with Gasteiger partial charge in [0, 0.05) is 12.6 Å². The minimum absolute atomic E-state index is 0.230. The van der Waals surface area contributed by atoms with Crippen LogP contribution in [0.25, 0.3) is 0 Å². The molecule has 0 radical (unpaired) electrons. The number of carbonyl (C=O) groups is 1. The fraction of sp³-hybridized carbons (Fsp3) is 0.692.